The fraction of sp³-hybridized carbons (Fsp3) is 0.500. The van der Waals surface area contributed by atoms with E-state index in [1.54, 1.807) is 17.2 Å². The molecular weight excluding hydrogens is 284 g/mol. The van der Waals surface area contributed by atoms with Crippen molar-refractivity contribution >= 4 is 27.5 Å². The number of hydrogen-bond donors (Lipinski definition) is 0. The van der Waals surface area contributed by atoms with Crippen LogP contribution in [0.3, 0.4) is 0 Å². The van der Waals surface area contributed by atoms with Crippen molar-refractivity contribution in [2.45, 2.75) is 24.6 Å². The molecule has 0 bridgehead atoms. The molecule has 1 aromatic rings. The summed E-state index contributed by atoms with van der Waals surface area (Å²) >= 11 is 3.39. The number of aromatic nitrogens is 1. The van der Waals surface area contributed by atoms with Crippen LogP contribution in [0.25, 0.3) is 0 Å². The number of halogens is 1. The number of amides is 1. The van der Waals surface area contributed by atoms with Crippen LogP contribution in [0.5, 0.6) is 5.88 Å². The van der Waals surface area contributed by atoms with Crippen molar-refractivity contribution in [3.63, 3.8) is 0 Å². The average molecular weight is 299 g/mol. The fourth-order valence-electron chi connectivity index (χ4n) is 1.85. The highest BCUT2D eigenvalue weighted by Gasteiger charge is 2.27. The number of ether oxygens (including phenoxy) is 1. The van der Waals surface area contributed by atoms with Gasteiger partial charge in [-0.15, -0.1) is 0 Å². The Kier molecular flexibility index (Phi) is 3.99. The first-order valence-electron chi connectivity index (χ1n) is 5.76. The molecule has 2 heterocycles. The maximum Gasteiger partial charge on any atom is 0.240 e. The van der Waals surface area contributed by atoms with E-state index >= 15 is 0 Å². The van der Waals surface area contributed by atoms with Crippen molar-refractivity contribution in [1.82, 2.24) is 4.98 Å². The van der Waals surface area contributed by atoms with E-state index in [2.05, 4.69) is 20.9 Å². The van der Waals surface area contributed by atoms with Gasteiger partial charge >= 0.3 is 0 Å². The van der Waals surface area contributed by atoms with Gasteiger partial charge in [0.15, 0.2) is 0 Å². The van der Waals surface area contributed by atoms with Crippen molar-refractivity contribution in [3.8, 4) is 5.88 Å². The molecule has 0 saturated carbocycles. The van der Waals surface area contributed by atoms with Crippen molar-refractivity contribution in [1.29, 1.82) is 0 Å². The third-order valence-electron chi connectivity index (χ3n) is 2.70. The zero-order chi connectivity index (χ0) is 12.3. The van der Waals surface area contributed by atoms with Gasteiger partial charge in [-0.05, 0) is 25.8 Å². The first-order chi connectivity index (χ1) is 8.22. The van der Waals surface area contributed by atoms with Gasteiger partial charge < -0.3 is 9.64 Å². The molecule has 1 amide bonds. The molecule has 1 aliphatic rings. The predicted octanol–water partition coefficient (Wildman–Crippen LogP) is 2.37. The number of carbonyl (C=O) groups excluding carboxylic acids is 1. The van der Waals surface area contributed by atoms with Crippen LogP contribution in [0.15, 0.2) is 18.3 Å². The Hall–Kier alpha value is -1.10. The van der Waals surface area contributed by atoms with Gasteiger partial charge in [0, 0.05) is 12.6 Å². The lowest BCUT2D eigenvalue weighted by molar-refractivity contribution is -0.118. The van der Waals surface area contributed by atoms with E-state index in [1.807, 2.05) is 13.0 Å². The first kappa shape index (κ1) is 12.4. The van der Waals surface area contributed by atoms with Crippen LogP contribution in [0.2, 0.25) is 0 Å². The second-order valence-electron chi connectivity index (χ2n) is 3.89. The zero-order valence-corrected chi connectivity index (χ0v) is 11.3. The summed E-state index contributed by atoms with van der Waals surface area (Å²) in [7, 11) is 0. The molecule has 0 N–H and O–H groups in total. The standard InChI is InChI=1S/C12H15BrN2O2/c1-2-17-11-6-5-9(8-14-11)15-7-3-4-10(13)12(15)16/h5-6,8,10H,2-4,7H2,1H3. The molecule has 1 saturated heterocycles. The van der Waals surface area contributed by atoms with Gasteiger partial charge in [-0.2, -0.15) is 0 Å². The third kappa shape index (κ3) is 2.77. The lowest BCUT2D eigenvalue weighted by Gasteiger charge is -2.29. The summed E-state index contributed by atoms with van der Waals surface area (Å²) in [5, 5.41) is 0. The summed E-state index contributed by atoms with van der Waals surface area (Å²) in [6.45, 7) is 3.27. The van der Waals surface area contributed by atoms with Gasteiger partial charge in [-0.25, -0.2) is 4.98 Å². The highest BCUT2D eigenvalue weighted by atomic mass is 79.9. The molecule has 1 aliphatic heterocycles. The quantitative estimate of drug-likeness (QED) is 0.805. The number of carbonyl (C=O) groups is 1. The number of hydrogen-bond acceptors (Lipinski definition) is 3. The van der Waals surface area contributed by atoms with Crippen LogP contribution in [0.4, 0.5) is 5.69 Å². The zero-order valence-electron chi connectivity index (χ0n) is 9.73. The number of piperidine rings is 1. The van der Waals surface area contributed by atoms with Gasteiger partial charge in [0.25, 0.3) is 0 Å². The van der Waals surface area contributed by atoms with Gasteiger partial charge in [0.2, 0.25) is 11.8 Å². The molecule has 0 aliphatic carbocycles. The van der Waals surface area contributed by atoms with E-state index in [4.69, 9.17) is 4.74 Å². The molecule has 5 heteroatoms. The van der Waals surface area contributed by atoms with Crippen LogP contribution >= 0.6 is 15.9 Å². The summed E-state index contributed by atoms with van der Waals surface area (Å²) in [6, 6.07) is 3.67. The van der Waals surface area contributed by atoms with Crippen LogP contribution in [-0.2, 0) is 4.79 Å². The molecule has 2 rings (SSSR count). The van der Waals surface area contributed by atoms with Crippen LogP contribution < -0.4 is 9.64 Å². The molecular formula is C12H15BrN2O2. The molecule has 17 heavy (non-hydrogen) atoms. The highest BCUT2D eigenvalue weighted by molar-refractivity contribution is 9.10. The van der Waals surface area contributed by atoms with Crippen molar-refractivity contribution in [2.24, 2.45) is 0 Å². The molecule has 92 valence electrons. The SMILES string of the molecule is CCOc1ccc(N2CCCC(Br)C2=O)cn1. The maximum absolute atomic E-state index is 12.0. The Bertz CT molecular complexity index is 394. The predicted molar refractivity (Wildman–Crippen MR) is 69.7 cm³/mol. The van der Waals surface area contributed by atoms with E-state index in [9.17, 15) is 4.79 Å². The molecule has 1 fully saturated rings. The number of pyridine rings is 1. The summed E-state index contributed by atoms with van der Waals surface area (Å²) in [5.74, 6) is 0.707. The second-order valence-corrected chi connectivity index (χ2v) is 4.99. The number of nitrogens with zero attached hydrogens (tertiary/aromatic N) is 2. The van der Waals surface area contributed by atoms with Crippen molar-refractivity contribution in [3.05, 3.63) is 18.3 Å². The third-order valence-corrected chi connectivity index (χ3v) is 3.55. The van der Waals surface area contributed by atoms with E-state index in [0.717, 1.165) is 25.1 Å². The maximum atomic E-state index is 12.0. The highest BCUT2D eigenvalue weighted by Crippen LogP contribution is 2.24. The molecule has 4 nitrogen and oxygen atoms in total. The summed E-state index contributed by atoms with van der Waals surface area (Å²) in [6.07, 6.45) is 3.60. The summed E-state index contributed by atoms with van der Waals surface area (Å²) in [4.78, 5) is 17.8. The lowest BCUT2D eigenvalue weighted by Crippen LogP contribution is -2.41. The van der Waals surface area contributed by atoms with Gasteiger partial charge in [0.1, 0.15) is 0 Å². The Morgan fingerprint density at radius 1 is 1.59 bits per heavy atom. The topological polar surface area (TPSA) is 42.4 Å². The Morgan fingerprint density at radius 3 is 3.06 bits per heavy atom. The van der Waals surface area contributed by atoms with Gasteiger partial charge in [-0.1, -0.05) is 15.9 Å². The minimum Gasteiger partial charge on any atom is -0.478 e. The smallest absolute Gasteiger partial charge is 0.240 e. The van der Waals surface area contributed by atoms with E-state index < -0.39 is 0 Å². The molecule has 1 atom stereocenters. The van der Waals surface area contributed by atoms with Crippen LogP contribution in [0.1, 0.15) is 19.8 Å². The Labute approximate surface area is 109 Å². The summed E-state index contributed by atoms with van der Waals surface area (Å²) < 4.78 is 5.27. The first-order valence-corrected chi connectivity index (χ1v) is 6.68. The normalized spacial score (nSPS) is 20.5. The fourth-order valence-corrected chi connectivity index (χ4v) is 2.42. The molecule has 1 unspecified atom stereocenters. The van der Waals surface area contributed by atoms with Gasteiger partial charge in [-0.3, -0.25) is 4.79 Å². The van der Waals surface area contributed by atoms with Gasteiger partial charge in [0.05, 0.1) is 23.3 Å². The van der Waals surface area contributed by atoms with E-state index in [0.29, 0.717) is 12.5 Å². The molecule has 0 aromatic carbocycles. The molecule has 0 spiro atoms. The van der Waals surface area contributed by atoms with Crippen LogP contribution in [0, 0.1) is 0 Å². The average Bonchev–Trinajstić information content (AvgIpc) is 2.34. The number of alkyl halides is 1. The molecule has 1 aromatic heterocycles. The van der Waals surface area contributed by atoms with Crippen LogP contribution in [-0.4, -0.2) is 28.9 Å². The lowest BCUT2D eigenvalue weighted by atomic mass is 10.1. The summed E-state index contributed by atoms with van der Waals surface area (Å²) in [5.41, 5.74) is 0.836. The van der Waals surface area contributed by atoms with E-state index in [1.165, 1.54) is 0 Å². The largest absolute Gasteiger partial charge is 0.478 e. The van der Waals surface area contributed by atoms with Crippen molar-refractivity contribution in [2.75, 3.05) is 18.1 Å². The number of anilines is 1. The Balaban J connectivity index is 2.13. The number of rotatable bonds is 3. The monoisotopic (exact) mass is 298 g/mol. The van der Waals surface area contributed by atoms with Crippen molar-refractivity contribution < 1.29 is 9.53 Å². The second kappa shape index (κ2) is 5.49. The molecule has 0 radical (unpaired) electrons. The Morgan fingerprint density at radius 2 is 2.41 bits per heavy atom. The minimum absolute atomic E-state index is 0.0668. The minimum atomic E-state index is -0.0668. The van der Waals surface area contributed by atoms with E-state index in [-0.39, 0.29) is 10.7 Å².